The van der Waals surface area contributed by atoms with Gasteiger partial charge in [0.05, 0.1) is 58.5 Å². The summed E-state index contributed by atoms with van der Waals surface area (Å²) in [5.41, 5.74) is 22.8. The molecule has 4 aromatic heterocycles. The first kappa shape index (κ1) is 66.6. The van der Waals surface area contributed by atoms with Crippen molar-refractivity contribution in [2.75, 3.05) is 0 Å². The summed E-state index contributed by atoms with van der Waals surface area (Å²) in [4.78, 5) is 39.7. The number of fused-ring (bicyclic) bond motifs is 6. The maximum Gasteiger partial charge on any atom is 0.194 e. The molecule has 4 heterocycles. The summed E-state index contributed by atoms with van der Waals surface area (Å²) < 4.78 is 4.59. The summed E-state index contributed by atoms with van der Waals surface area (Å²) in [5.74, 6) is 3.02. The van der Waals surface area contributed by atoms with Crippen LogP contribution in [0.25, 0.3) is 200 Å². The van der Waals surface area contributed by atoms with E-state index in [1.807, 2.05) is 218 Å². The molecular formula is C100H58N12. The summed E-state index contributed by atoms with van der Waals surface area (Å²) in [5, 5.41) is 24.8. The monoisotopic (exact) mass is 1430 g/mol. The third kappa shape index (κ3) is 12.2. The Labute approximate surface area is 645 Å². The molecule has 0 aliphatic rings. The number of hydrogen-bond acceptors (Lipinski definition) is 8. The van der Waals surface area contributed by atoms with Gasteiger partial charge in [-0.1, -0.05) is 249 Å². The molecule has 0 atom stereocenters. The van der Waals surface area contributed by atoms with Gasteiger partial charge >= 0.3 is 0 Å². The van der Waals surface area contributed by atoms with Crippen LogP contribution in [0, 0.1) is 35.8 Å². The first-order valence-corrected chi connectivity index (χ1v) is 36.6. The van der Waals surface area contributed by atoms with Crippen molar-refractivity contribution in [3.63, 3.8) is 0 Å². The highest BCUT2D eigenvalue weighted by molar-refractivity contribution is 6.14. The number of aromatic nitrogens is 8. The van der Waals surface area contributed by atoms with E-state index in [0.29, 0.717) is 57.4 Å². The minimum atomic E-state index is 0.468. The molecular weight excluding hydrogens is 1370 g/mol. The topological polar surface area (TPSA) is 144 Å². The van der Waals surface area contributed by atoms with E-state index in [2.05, 4.69) is 164 Å². The van der Waals surface area contributed by atoms with Gasteiger partial charge in [0.25, 0.3) is 0 Å². The van der Waals surface area contributed by atoms with Crippen molar-refractivity contribution in [1.82, 2.24) is 39.0 Å². The fraction of sp³-hybridized carbons (Fsp3) is 0. The molecule has 0 amide bonds. The SMILES string of the molecule is [C-]#[N+]c1ccccc1-c1ccc2c(c1)c1cc(-c3ccccc3C#N)ccc1n2-c1cc(-c2cccc(-c3cc(-c4nc(-c5ccccc5)nc(-c5ccccc5)n4)cc(-n4c5ccc(-c6ccccc6C#N)cc5c5cc(-c6ccccc6[N+]#[C-])ccc54)c3)c2)cc(-c2nc(-c3ccccc3)nc(-c3ccccc3)n2)c1. The van der Waals surface area contributed by atoms with Crippen LogP contribution in [0.1, 0.15) is 11.1 Å². The van der Waals surface area contributed by atoms with E-state index in [-0.39, 0.29) is 0 Å². The zero-order chi connectivity index (χ0) is 75.2. The minimum absolute atomic E-state index is 0.468. The highest BCUT2D eigenvalue weighted by Crippen LogP contribution is 2.45. The van der Waals surface area contributed by atoms with Crippen LogP contribution in [0.2, 0.25) is 0 Å². The minimum Gasteiger partial charge on any atom is -0.309 e. The summed E-state index contributed by atoms with van der Waals surface area (Å²) in [6.45, 7) is 16.4. The van der Waals surface area contributed by atoms with Gasteiger partial charge in [-0.25, -0.2) is 39.6 Å². The van der Waals surface area contributed by atoms with E-state index in [0.717, 1.165) is 155 Å². The number of hydrogen-bond donors (Lipinski definition) is 0. The molecule has 0 fully saturated rings. The van der Waals surface area contributed by atoms with Gasteiger partial charge in [-0.05, 0) is 170 Å². The van der Waals surface area contributed by atoms with E-state index >= 15 is 0 Å². The van der Waals surface area contributed by atoms with E-state index in [9.17, 15) is 10.5 Å². The first-order chi connectivity index (χ1) is 55.3. The van der Waals surface area contributed by atoms with Crippen molar-refractivity contribution >= 4 is 55.0 Å². The highest BCUT2D eigenvalue weighted by atomic mass is 15.1. The lowest BCUT2D eigenvalue weighted by Gasteiger charge is -2.16. The molecule has 19 aromatic rings. The molecule has 15 aromatic carbocycles. The average molecular weight is 1430 g/mol. The van der Waals surface area contributed by atoms with Crippen LogP contribution in [0.15, 0.2) is 352 Å². The molecule has 0 unspecified atom stereocenters. The lowest BCUT2D eigenvalue weighted by Crippen LogP contribution is -2.02. The van der Waals surface area contributed by atoms with Gasteiger partial charge in [-0.2, -0.15) is 10.5 Å². The van der Waals surface area contributed by atoms with Crippen molar-refractivity contribution in [1.29, 1.82) is 10.5 Å². The Bertz CT molecular complexity index is 6410. The maximum absolute atomic E-state index is 10.5. The average Bonchev–Trinajstić information content (AvgIpc) is 1.57. The Balaban J connectivity index is 0.861. The Hall–Kier alpha value is -16.1. The lowest BCUT2D eigenvalue weighted by atomic mass is 9.95. The van der Waals surface area contributed by atoms with Crippen LogP contribution in [0.5, 0.6) is 0 Å². The molecule has 112 heavy (non-hydrogen) atoms. The van der Waals surface area contributed by atoms with Gasteiger partial charge < -0.3 is 9.13 Å². The maximum atomic E-state index is 10.5. The van der Waals surface area contributed by atoms with Gasteiger partial charge in [0.15, 0.2) is 46.3 Å². The standard InChI is InChI=1S/C100H58N12/c1-103-89-40-21-19-38-83(89)71-44-48-93-87(59-71)85-57-69(81-36-17-15-32-73(81)61-101)42-46-91(85)111(93)79-53-75(51-77(55-79)99-107-95(63-24-7-3-8-25-63)105-96(108-99)64-26-9-4-10-27-64)67-34-23-35-68(50-67)76-52-78(100-109-97(65-28-11-5-12-29-65)106-98(110-100)66-30-13-6-14-31-66)56-80(54-76)112-92-47-43-70(82-37-18-16-33-74(82)62-102)58-86(92)88-60-72(45-49-94(88)112)84-39-20-22-41-90(84)104-2/h3-60H. The van der Waals surface area contributed by atoms with Crippen LogP contribution in [-0.2, 0) is 0 Å². The summed E-state index contributed by atoms with van der Waals surface area (Å²) in [6, 6.07) is 123. The highest BCUT2D eigenvalue weighted by Gasteiger charge is 2.24. The van der Waals surface area contributed by atoms with Gasteiger partial charge in [-0.3, -0.25) is 0 Å². The molecule has 0 bridgehead atoms. The second-order valence-corrected chi connectivity index (χ2v) is 27.4. The van der Waals surface area contributed by atoms with Crippen LogP contribution < -0.4 is 0 Å². The number of rotatable bonds is 14. The molecule has 0 N–H and O–H groups in total. The zero-order valence-electron chi connectivity index (χ0n) is 59.9. The van der Waals surface area contributed by atoms with Crippen molar-refractivity contribution < 1.29 is 0 Å². The molecule has 518 valence electrons. The van der Waals surface area contributed by atoms with E-state index in [1.54, 1.807) is 0 Å². The van der Waals surface area contributed by atoms with Crippen molar-refractivity contribution in [2.45, 2.75) is 0 Å². The molecule has 0 aliphatic heterocycles. The van der Waals surface area contributed by atoms with Gasteiger partial charge in [0.1, 0.15) is 0 Å². The van der Waals surface area contributed by atoms with Crippen molar-refractivity contribution in [2.24, 2.45) is 0 Å². The van der Waals surface area contributed by atoms with E-state index in [4.69, 9.17) is 43.0 Å². The van der Waals surface area contributed by atoms with Crippen molar-refractivity contribution in [3.8, 4) is 159 Å². The van der Waals surface area contributed by atoms with Crippen LogP contribution in [0.4, 0.5) is 11.4 Å². The summed E-state index contributed by atoms with van der Waals surface area (Å²) >= 11 is 0. The number of para-hydroxylation sites is 2. The third-order valence-electron chi connectivity index (χ3n) is 20.7. The zero-order valence-corrected chi connectivity index (χ0v) is 59.9. The quantitative estimate of drug-likeness (QED) is 0.0979. The number of nitrogens with zero attached hydrogens (tertiary/aromatic N) is 12. The van der Waals surface area contributed by atoms with Crippen LogP contribution >= 0.6 is 0 Å². The fourth-order valence-electron chi connectivity index (χ4n) is 15.4. The second-order valence-electron chi connectivity index (χ2n) is 27.4. The summed E-state index contributed by atoms with van der Waals surface area (Å²) in [6.07, 6.45) is 0. The third-order valence-corrected chi connectivity index (χ3v) is 20.7. The Morgan fingerprint density at radius 2 is 0.482 bits per heavy atom. The predicted molar refractivity (Wildman–Crippen MR) is 449 cm³/mol. The second kappa shape index (κ2) is 28.3. The molecule has 0 saturated carbocycles. The normalized spacial score (nSPS) is 11.2. The van der Waals surface area contributed by atoms with Gasteiger partial charge in [0, 0.05) is 66.3 Å². The molecule has 12 nitrogen and oxygen atoms in total. The smallest absolute Gasteiger partial charge is 0.194 e. The summed E-state index contributed by atoms with van der Waals surface area (Å²) in [7, 11) is 0. The largest absolute Gasteiger partial charge is 0.309 e. The molecule has 0 saturated heterocycles. The first-order valence-electron chi connectivity index (χ1n) is 36.6. The Morgan fingerprint density at radius 3 is 0.804 bits per heavy atom. The fourth-order valence-corrected chi connectivity index (χ4v) is 15.4. The van der Waals surface area contributed by atoms with E-state index < -0.39 is 0 Å². The Morgan fingerprint density at radius 1 is 0.223 bits per heavy atom. The molecule has 0 aliphatic carbocycles. The molecule has 0 radical (unpaired) electrons. The molecule has 19 rings (SSSR count). The van der Waals surface area contributed by atoms with Crippen LogP contribution in [-0.4, -0.2) is 39.0 Å². The van der Waals surface area contributed by atoms with Crippen molar-refractivity contribution in [3.05, 3.63) is 386 Å². The Kier molecular flexibility index (Phi) is 16.8. The number of nitriles is 2. The van der Waals surface area contributed by atoms with E-state index in [1.165, 1.54) is 0 Å². The number of benzene rings is 15. The van der Waals surface area contributed by atoms with Gasteiger partial charge in [0.2, 0.25) is 0 Å². The van der Waals surface area contributed by atoms with Gasteiger partial charge in [-0.15, -0.1) is 0 Å². The van der Waals surface area contributed by atoms with Crippen LogP contribution in [0.3, 0.4) is 0 Å². The molecule has 12 heteroatoms. The predicted octanol–water partition coefficient (Wildman–Crippen LogP) is 25.1. The lowest BCUT2D eigenvalue weighted by molar-refractivity contribution is 1.07. The molecule has 0 spiro atoms.